The van der Waals surface area contributed by atoms with Crippen LogP contribution >= 0.6 is 0 Å². The average molecular weight is 209 g/mol. The number of likely N-dealkylation sites (N-methyl/N-ethyl adjacent to an activating group) is 1. The first-order valence-corrected chi connectivity index (χ1v) is 6.35. The lowest BCUT2D eigenvalue weighted by molar-refractivity contribution is 0.163. The molecular formula is C14H27N. The molecule has 0 aromatic rings. The third kappa shape index (κ3) is 4.38. The summed E-state index contributed by atoms with van der Waals surface area (Å²) in [4.78, 5) is 0. The van der Waals surface area contributed by atoms with Gasteiger partial charge >= 0.3 is 0 Å². The maximum Gasteiger partial charge on any atom is 0.0131 e. The van der Waals surface area contributed by atoms with Crippen molar-refractivity contribution in [3.8, 4) is 0 Å². The second-order valence-corrected chi connectivity index (χ2v) is 5.96. The third-order valence-corrected chi connectivity index (χ3v) is 3.73. The normalized spacial score (nSPS) is 28.5. The lowest BCUT2D eigenvalue weighted by atomic mass is 9.70. The van der Waals surface area contributed by atoms with Crippen molar-refractivity contribution < 1.29 is 0 Å². The fraction of sp³-hybridized carbons (Fsp3) is 0.857. The molecule has 0 spiro atoms. The Bertz CT molecular complexity index is 192. The van der Waals surface area contributed by atoms with Gasteiger partial charge in [0.1, 0.15) is 0 Å². The summed E-state index contributed by atoms with van der Waals surface area (Å²) in [7, 11) is 2.00. The van der Waals surface area contributed by atoms with Crippen molar-refractivity contribution in [1.82, 2.24) is 5.32 Å². The molecule has 0 aromatic carbocycles. The molecule has 0 saturated heterocycles. The molecular weight excluding hydrogens is 182 g/mol. The van der Waals surface area contributed by atoms with E-state index < -0.39 is 0 Å². The summed E-state index contributed by atoms with van der Waals surface area (Å²) in [5.74, 6) is 1.78. The minimum absolute atomic E-state index is 0.514. The van der Waals surface area contributed by atoms with Gasteiger partial charge in [0.15, 0.2) is 0 Å². The van der Waals surface area contributed by atoms with Crippen LogP contribution in [0.5, 0.6) is 0 Å². The summed E-state index contributed by atoms with van der Waals surface area (Å²) in [6.45, 7) is 8.16. The van der Waals surface area contributed by atoms with Crippen molar-refractivity contribution in [1.29, 1.82) is 0 Å². The van der Waals surface area contributed by atoms with Crippen LogP contribution in [0.4, 0.5) is 0 Å². The van der Waals surface area contributed by atoms with E-state index in [0.29, 0.717) is 5.41 Å². The van der Waals surface area contributed by atoms with Crippen LogP contribution in [-0.2, 0) is 0 Å². The second kappa shape index (κ2) is 5.69. The predicted octanol–water partition coefficient (Wildman–Crippen LogP) is 3.61. The minimum Gasteiger partial charge on any atom is -0.316 e. The molecule has 1 N–H and O–H groups in total. The van der Waals surface area contributed by atoms with Gasteiger partial charge in [-0.2, -0.15) is 0 Å². The molecule has 0 aromatic heterocycles. The summed E-state index contributed by atoms with van der Waals surface area (Å²) in [5.41, 5.74) is 0.514. The molecule has 0 unspecified atom stereocenters. The van der Waals surface area contributed by atoms with Crippen molar-refractivity contribution in [3.63, 3.8) is 0 Å². The second-order valence-electron chi connectivity index (χ2n) is 5.96. The van der Waals surface area contributed by atoms with Gasteiger partial charge in [0.05, 0.1) is 0 Å². The molecule has 0 bridgehead atoms. The Balaban J connectivity index is 2.30. The van der Waals surface area contributed by atoms with E-state index in [4.69, 9.17) is 0 Å². The highest BCUT2D eigenvalue weighted by atomic mass is 14.8. The summed E-state index contributed by atoms with van der Waals surface area (Å²) in [6, 6.07) is 0. The fourth-order valence-electron chi connectivity index (χ4n) is 2.56. The molecule has 0 amide bonds. The summed E-state index contributed by atoms with van der Waals surface area (Å²) < 4.78 is 0. The van der Waals surface area contributed by atoms with E-state index >= 15 is 0 Å². The van der Waals surface area contributed by atoms with Crippen molar-refractivity contribution in [2.75, 3.05) is 13.6 Å². The topological polar surface area (TPSA) is 12.0 Å². The molecule has 15 heavy (non-hydrogen) atoms. The van der Waals surface area contributed by atoms with E-state index in [0.717, 1.165) is 18.4 Å². The molecule has 1 saturated carbocycles. The highest BCUT2D eigenvalue weighted by Crippen LogP contribution is 2.39. The van der Waals surface area contributed by atoms with E-state index in [1.807, 2.05) is 7.05 Å². The van der Waals surface area contributed by atoms with Crippen LogP contribution < -0.4 is 5.32 Å². The van der Waals surface area contributed by atoms with E-state index in [2.05, 4.69) is 38.2 Å². The molecule has 0 radical (unpaired) electrons. The van der Waals surface area contributed by atoms with Gasteiger partial charge in [0, 0.05) is 6.54 Å². The fourth-order valence-corrected chi connectivity index (χ4v) is 2.56. The number of nitrogens with one attached hydrogen (secondary N) is 1. The number of hydrogen-bond donors (Lipinski definition) is 1. The Morgan fingerprint density at radius 3 is 2.20 bits per heavy atom. The summed E-state index contributed by atoms with van der Waals surface area (Å²) >= 11 is 0. The van der Waals surface area contributed by atoms with Gasteiger partial charge in [0.25, 0.3) is 0 Å². The maximum atomic E-state index is 3.15. The van der Waals surface area contributed by atoms with Gasteiger partial charge in [0.2, 0.25) is 0 Å². The van der Waals surface area contributed by atoms with E-state index in [1.54, 1.807) is 0 Å². The van der Waals surface area contributed by atoms with Crippen molar-refractivity contribution >= 4 is 0 Å². The predicted molar refractivity (Wildman–Crippen MR) is 68.0 cm³/mol. The van der Waals surface area contributed by atoms with Gasteiger partial charge in [-0.15, -0.1) is 0 Å². The molecule has 1 aliphatic rings. The Labute approximate surface area is 95.3 Å². The van der Waals surface area contributed by atoms with Crippen LogP contribution in [0, 0.1) is 17.3 Å². The Kier molecular flexibility index (Phi) is 4.85. The van der Waals surface area contributed by atoms with Gasteiger partial charge in [-0.1, -0.05) is 32.9 Å². The molecule has 0 heterocycles. The first-order valence-electron chi connectivity index (χ1n) is 6.35. The molecule has 88 valence electrons. The van der Waals surface area contributed by atoms with Gasteiger partial charge in [-0.25, -0.2) is 0 Å². The molecule has 0 atom stereocenters. The van der Waals surface area contributed by atoms with E-state index in [9.17, 15) is 0 Å². The largest absolute Gasteiger partial charge is 0.316 e. The quantitative estimate of drug-likeness (QED) is 0.700. The molecule has 1 rings (SSSR count). The Morgan fingerprint density at radius 2 is 1.73 bits per heavy atom. The van der Waals surface area contributed by atoms with E-state index in [-0.39, 0.29) is 0 Å². The molecule has 1 nitrogen and oxygen atoms in total. The Morgan fingerprint density at radius 1 is 1.13 bits per heavy atom. The van der Waals surface area contributed by atoms with Crippen molar-refractivity contribution in [2.24, 2.45) is 17.3 Å². The first kappa shape index (κ1) is 12.8. The van der Waals surface area contributed by atoms with Crippen LogP contribution in [0.1, 0.15) is 46.5 Å². The molecule has 0 aliphatic heterocycles. The summed E-state index contributed by atoms with van der Waals surface area (Å²) in [5, 5.41) is 3.15. The van der Waals surface area contributed by atoms with Crippen LogP contribution in [0.2, 0.25) is 0 Å². The Hall–Kier alpha value is -0.300. The highest BCUT2D eigenvalue weighted by molar-refractivity contribution is 4.93. The van der Waals surface area contributed by atoms with Crippen LogP contribution in [-0.4, -0.2) is 13.6 Å². The van der Waals surface area contributed by atoms with Crippen molar-refractivity contribution in [2.45, 2.75) is 46.5 Å². The standard InChI is InChI=1S/C14H27N/c1-14(2,3)13-9-7-12(8-10-13)6-5-11-15-4/h5-6,12-13,15H,7-11H2,1-4H3/b6-5+. The molecule has 1 fully saturated rings. The zero-order valence-corrected chi connectivity index (χ0v) is 10.8. The molecule has 1 aliphatic carbocycles. The average Bonchev–Trinajstić information content (AvgIpc) is 2.18. The zero-order chi connectivity index (χ0) is 11.3. The third-order valence-electron chi connectivity index (χ3n) is 3.73. The van der Waals surface area contributed by atoms with Gasteiger partial charge in [-0.05, 0) is 50.0 Å². The SMILES string of the molecule is CNC/C=C/C1CCC(C(C)(C)C)CC1. The van der Waals surface area contributed by atoms with Gasteiger partial charge < -0.3 is 5.32 Å². The molecule has 1 heteroatoms. The first-order chi connectivity index (χ1) is 7.04. The van der Waals surface area contributed by atoms with Crippen molar-refractivity contribution in [3.05, 3.63) is 12.2 Å². The maximum absolute atomic E-state index is 3.15. The smallest absolute Gasteiger partial charge is 0.0131 e. The highest BCUT2D eigenvalue weighted by Gasteiger charge is 2.28. The number of allylic oxidation sites excluding steroid dienone is 1. The van der Waals surface area contributed by atoms with Crippen LogP contribution in [0.25, 0.3) is 0 Å². The minimum atomic E-state index is 0.514. The summed E-state index contributed by atoms with van der Waals surface area (Å²) in [6.07, 6.45) is 10.3. The monoisotopic (exact) mass is 209 g/mol. The van der Waals surface area contributed by atoms with E-state index in [1.165, 1.54) is 25.7 Å². The lowest BCUT2D eigenvalue weighted by Gasteiger charge is -2.36. The van der Waals surface area contributed by atoms with Crippen LogP contribution in [0.15, 0.2) is 12.2 Å². The lowest BCUT2D eigenvalue weighted by Crippen LogP contribution is -2.25. The van der Waals surface area contributed by atoms with Gasteiger partial charge in [-0.3, -0.25) is 0 Å². The number of hydrogen-bond acceptors (Lipinski definition) is 1. The zero-order valence-electron chi connectivity index (χ0n) is 10.8. The van der Waals surface area contributed by atoms with Crippen LogP contribution in [0.3, 0.4) is 0 Å². The number of rotatable bonds is 3.